The number of nitrogens with two attached hydrogens (primary N) is 1. The Morgan fingerprint density at radius 1 is 0.437 bits per heavy atom. The molecule has 3 aliphatic heterocycles. The van der Waals surface area contributed by atoms with E-state index in [0.29, 0.717) is 17.8 Å². The molecule has 0 aliphatic carbocycles. The number of rotatable bonds is 14. The first-order valence-corrected chi connectivity index (χ1v) is 36.1. The summed E-state index contributed by atoms with van der Waals surface area (Å²) in [6, 6.07) is 47.2. The van der Waals surface area contributed by atoms with E-state index in [-0.39, 0.29) is 37.1 Å². The number of halogens is 2. The molecule has 11 aromatic rings. The molecule has 3 N–H and O–H groups in total. The molecule has 0 amide bonds. The summed E-state index contributed by atoms with van der Waals surface area (Å²) in [5.41, 5.74) is 36.9. The second kappa shape index (κ2) is 35.7. The number of anilines is 5. The molecule has 544 valence electrons. The van der Waals surface area contributed by atoms with Crippen molar-refractivity contribution in [3.63, 3.8) is 0 Å². The van der Waals surface area contributed by atoms with Crippen molar-refractivity contribution in [2.24, 2.45) is 11.7 Å². The second-order valence-corrected chi connectivity index (χ2v) is 29.0. The number of imidazole rings is 1. The molecule has 0 spiro atoms. The van der Waals surface area contributed by atoms with Crippen molar-refractivity contribution in [1.82, 2.24) is 39.3 Å². The smallest absolute Gasteiger partial charge is 0.244 e. The van der Waals surface area contributed by atoms with Gasteiger partial charge in [-0.3, -0.25) is 0 Å². The Balaban J connectivity index is 0.000000164. The van der Waals surface area contributed by atoms with Crippen LogP contribution in [0.1, 0.15) is 161 Å². The number of hydrogen-bond donors (Lipinski definition) is 2. The van der Waals surface area contributed by atoms with Gasteiger partial charge in [0, 0.05) is 96.5 Å². The number of aryl methyl sites for hydroxylation is 13. The summed E-state index contributed by atoms with van der Waals surface area (Å²) in [5.74, 6) is 2.53. The highest BCUT2D eigenvalue weighted by Crippen LogP contribution is 2.38. The highest BCUT2D eigenvalue weighted by molar-refractivity contribution is 5.83. The van der Waals surface area contributed by atoms with Crippen LogP contribution in [0.25, 0.3) is 11.0 Å². The molecule has 1 atom stereocenters. The van der Waals surface area contributed by atoms with Gasteiger partial charge in [-0.2, -0.15) is 15.3 Å². The van der Waals surface area contributed by atoms with E-state index in [1.807, 2.05) is 61.1 Å². The number of aromatic amines is 1. The van der Waals surface area contributed by atoms with E-state index in [1.54, 1.807) is 32.6 Å². The predicted octanol–water partition coefficient (Wildman–Crippen LogP) is 13.0. The first kappa shape index (κ1) is 79.3. The molecular formula is C86H110Cl2N15-. The third-order valence-electron chi connectivity index (χ3n) is 19.3. The summed E-state index contributed by atoms with van der Waals surface area (Å²) in [6.45, 7) is 48.3. The Bertz CT molecular complexity index is 4250. The zero-order valence-corrected chi connectivity index (χ0v) is 65.9. The molecule has 0 unspecified atom stereocenters. The summed E-state index contributed by atoms with van der Waals surface area (Å²) < 4.78 is 7.81. The summed E-state index contributed by atoms with van der Waals surface area (Å²) >= 11 is 0. The normalized spacial score (nSPS) is 13.5. The molecule has 0 radical (unpaired) electrons. The SMILES string of the molecule is CC(C)C[C@@H](N)c1nc2ccccc2[nH]1.Cc1cc(C)c(N2C=CN(c3c(C)cc(C)cc3C)C2)c(C)c1.Cc1cc(C)c([N+]2=CN(c3c(C(C)C)cccc3C(C)C)CC2)c(C)c1.Cc1cccc(C)c1N1CCN(c2c(C)cccc2C)C1.[Cl-].[Cl-].c1cnn(C(n2cccn2)n2cccn2)c1. The number of H-pyrrole nitrogens is 1. The zero-order valence-electron chi connectivity index (χ0n) is 64.4. The topological polar surface area (TPSA) is 127 Å². The second-order valence-electron chi connectivity index (χ2n) is 29.0. The molecule has 4 aromatic heterocycles. The number of hydrogen-bond acceptors (Lipinski definition) is 10. The number of nitrogens with one attached hydrogen (secondary N) is 1. The van der Waals surface area contributed by atoms with E-state index in [2.05, 4.69) is 296 Å². The predicted molar refractivity (Wildman–Crippen MR) is 424 cm³/mol. The van der Waals surface area contributed by atoms with Crippen molar-refractivity contribution < 1.29 is 29.4 Å². The Kier molecular flexibility index (Phi) is 27.5. The van der Waals surface area contributed by atoms with Gasteiger partial charge in [0.2, 0.25) is 12.6 Å². The van der Waals surface area contributed by atoms with Crippen molar-refractivity contribution in [3.8, 4) is 0 Å². The van der Waals surface area contributed by atoms with Crippen molar-refractivity contribution in [2.75, 3.05) is 64.0 Å². The van der Waals surface area contributed by atoms with Crippen molar-refractivity contribution in [2.45, 2.75) is 162 Å². The van der Waals surface area contributed by atoms with Crippen LogP contribution in [0.15, 0.2) is 183 Å². The molecule has 7 heterocycles. The van der Waals surface area contributed by atoms with Gasteiger partial charge in [0.25, 0.3) is 0 Å². The van der Waals surface area contributed by atoms with Crippen LogP contribution in [-0.2, 0) is 0 Å². The molecule has 3 aliphatic rings. The van der Waals surface area contributed by atoms with E-state index < -0.39 is 0 Å². The fraction of sp³-hybridized carbons (Fsp3) is 0.360. The van der Waals surface area contributed by atoms with Gasteiger partial charge in [-0.1, -0.05) is 161 Å². The lowest BCUT2D eigenvalue weighted by atomic mass is 9.92. The molecule has 1 fully saturated rings. The number of benzene rings is 7. The minimum Gasteiger partial charge on any atom is -1.00 e. The fourth-order valence-electron chi connectivity index (χ4n) is 15.2. The van der Waals surface area contributed by atoms with E-state index in [9.17, 15) is 0 Å². The third kappa shape index (κ3) is 19.1. The quantitative estimate of drug-likeness (QED) is 0.102. The maximum atomic E-state index is 6.07. The zero-order chi connectivity index (χ0) is 72.3. The molecular weight excluding hydrogens is 1310 g/mol. The molecule has 15 nitrogen and oxygen atoms in total. The molecule has 0 bridgehead atoms. The average molecular weight is 1420 g/mol. The lowest BCUT2D eigenvalue weighted by Gasteiger charge is -2.27. The van der Waals surface area contributed by atoms with Crippen molar-refractivity contribution in [1.29, 1.82) is 0 Å². The monoisotopic (exact) mass is 1420 g/mol. The minimum atomic E-state index is -0.194. The van der Waals surface area contributed by atoms with Gasteiger partial charge in [0.05, 0.1) is 30.4 Å². The van der Waals surface area contributed by atoms with Gasteiger partial charge in [-0.05, 0) is 200 Å². The molecule has 0 saturated carbocycles. The Morgan fingerprint density at radius 2 is 0.845 bits per heavy atom. The van der Waals surface area contributed by atoms with Gasteiger partial charge < -0.3 is 55.1 Å². The molecule has 17 heteroatoms. The Labute approximate surface area is 626 Å². The molecule has 1 saturated heterocycles. The van der Waals surface area contributed by atoms with Crippen molar-refractivity contribution >= 4 is 51.5 Å². The highest BCUT2D eigenvalue weighted by atomic mass is 35.5. The van der Waals surface area contributed by atoms with E-state index in [4.69, 9.17) is 5.73 Å². The first-order valence-electron chi connectivity index (χ1n) is 36.1. The number of para-hydroxylation sites is 5. The maximum Gasteiger partial charge on any atom is 0.244 e. The number of aromatic nitrogens is 8. The standard InChI is InChI=1S/C24H33N2.C21H26N2.C19H24N2.C12H17N3.C10H10N6.2ClH/c1-16(2)21-9-8-10-22(17(3)4)24(21)26-12-11-25(15-26)23-19(6)13-18(5)14-20(23)7;1-14-9-16(3)20(17(4)10-14)22-7-8-23(13-22)21-18(5)11-15(2)12-19(21)6;1-14-7-5-8-15(2)18(14)20-11-12-21(13-20)19-16(3)9-6-10-17(19)4;1-8(2)7-9(13)12-14-10-5-3-4-6-11(10)15-12;1-4-11-14(7-1)10(15-8-2-5-12-15)16-9-3-6-13-16;;/h8-10,13-17H,11-12H2,1-7H3;7-12H,13H2,1-6H3;5-10H,11-13H2,1-4H3;3-6,8-9H,7,13H2,1-2H3,(H,14,15);1-10H;2*1H/q+1;;;;;;/p-2/t;;;9-;;;/m...1.../s1. The van der Waals surface area contributed by atoms with Crippen LogP contribution in [0.5, 0.6) is 0 Å². The third-order valence-corrected chi connectivity index (χ3v) is 19.3. The van der Waals surface area contributed by atoms with Gasteiger partial charge in [-0.25, -0.2) is 28.5 Å². The summed E-state index contributed by atoms with van der Waals surface area (Å²) in [5, 5.41) is 12.7. The van der Waals surface area contributed by atoms with Gasteiger partial charge >= 0.3 is 0 Å². The van der Waals surface area contributed by atoms with Crippen LogP contribution < -0.4 is 55.0 Å². The Hall–Kier alpha value is -9.41. The summed E-state index contributed by atoms with van der Waals surface area (Å²) in [6.07, 6.45) is 18.3. The van der Waals surface area contributed by atoms with Crippen LogP contribution in [0, 0.1) is 95.9 Å². The van der Waals surface area contributed by atoms with Crippen LogP contribution in [0.3, 0.4) is 0 Å². The highest BCUT2D eigenvalue weighted by Gasteiger charge is 2.31. The maximum absolute atomic E-state index is 6.07. The van der Waals surface area contributed by atoms with Crippen LogP contribution in [0.2, 0.25) is 0 Å². The van der Waals surface area contributed by atoms with Crippen molar-refractivity contribution in [3.05, 3.63) is 272 Å². The largest absolute Gasteiger partial charge is 1.00 e. The van der Waals surface area contributed by atoms with Gasteiger partial charge in [0.1, 0.15) is 30.3 Å². The first-order chi connectivity index (χ1) is 48.3. The molecule has 14 rings (SSSR count). The van der Waals surface area contributed by atoms with E-state index in [1.165, 1.54) is 118 Å². The Morgan fingerprint density at radius 3 is 1.23 bits per heavy atom. The average Bonchev–Trinajstić information content (AvgIpc) is 1.74. The van der Waals surface area contributed by atoms with E-state index in [0.717, 1.165) is 62.8 Å². The molecule has 7 aromatic carbocycles. The van der Waals surface area contributed by atoms with E-state index >= 15 is 0 Å². The summed E-state index contributed by atoms with van der Waals surface area (Å²) in [4.78, 5) is 19.9. The van der Waals surface area contributed by atoms with Crippen LogP contribution >= 0.6 is 0 Å². The minimum absolute atomic E-state index is 0. The molecule has 103 heavy (non-hydrogen) atoms. The lowest BCUT2D eigenvalue weighted by molar-refractivity contribution is -0.425. The number of fused-ring (bicyclic) bond motifs is 1. The summed E-state index contributed by atoms with van der Waals surface area (Å²) in [7, 11) is 0. The van der Waals surface area contributed by atoms with Gasteiger partial charge in [-0.15, -0.1) is 0 Å². The lowest BCUT2D eigenvalue weighted by Crippen LogP contribution is -3.00. The van der Waals surface area contributed by atoms with Crippen LogP contribution in [0.4, 0.5) is 34.1 Å². The van der Waals surface area contributed by atoms with Gasteiger partial charge in [0.15, 0.2) is 0 Å². The number of nitrogens with zero attached hydrogens (tertiary/aromatic N) is 13. The fourth-order valence-corrected chi connectivity index (χ4v) is 15.2. The van der Waals surface area contributed by atoms with Crippen LogP contribution in [-0.4, -0.2) is 89.7 Å².